The maximum atomic E-state index is 13.3. The smallest absolute Gasteiger partial charge is 0.268 e. The van der Waals surface area contributed by atoms with E-state index in [0.717, 1.165) is 17.3 Å². The van der Waals surface area contributed by atoms with Gasteiger partial charge in [-0.3, -0.25) is 14.2 Å². The molecule has 1 amide bonds. The number of benzene rings is 2. The summed E-state index contributed by atoms with van der Waals surface area (Å²) in [6, 6.07) is 16.4. The number of nitrogens with one attached hydrogen (secondary N) is 1. The predicted octanol–water partition coefficient (Wildman–Crippen LogP) is 4.42. The van der Waals surface area contributed by atoms with Gasteiger partial charge in [-0.25, -0.2) is 4.98 Å². The van der Waals surface area contributed by atoms with Gasteiger partial charge in [-0.2, -0.15) is 9.37 Å². The van der Waals surface area contributed by atoms with E-state index < -0.39 is 17.4 Å². The Bertz CT molecular complexity index is 1420. The van der Waals surface area contributed by atoms with Crippen molar-refractivity contribution >= 4 is 29.1 Å². The normalized spacial score (nSPS) is 10.7. The Labute approximate surface area is 198 Å². The van der Waals surface area contributed by atoms with Crippen LogP contribution in [-0.2, 0) is 6.54 Å². The van der Waals surface area contributed by atoms with Crippen LogP contribution >= 0.6 is 11.6 Å². The Hall–Kier alpha value is -4.24. The van der Waals surface area contributed by atoms with E-state index >= 15 is 0 Å². The van der Waals surface area contributed by atoms with Gasteiger partial charge in [-0.1, -0.05) is 29.8 Å². The van der Waals surface area contributed by atoms with Crippen molar-refractivity contribution in [1.29, 1.82) is 0 Å². The van der Waals surface area contributed by atoms with Gasteiger partial charge in [0.05, 0.1) is 6.54 Å². The van der Waals surface area contributed by atoms with Crippen LogP contribution in [0.5, 0.6) is 11.6 Å². The minimum Gasteiger partial charge on any atom is -0.439 e. The maximum absolute atomic E-state index is 13.3. The quantitative estimate of drug-likeness (QED) is 0.379. The lowest BCUT2D eigenvalue weighted by molar-refractivity contribution is 0.0998. The fourth-order valence-corrected chi connectivity index (χ4v) is 3.34. The minimum absolute atomic E-state index is 0.129. The van der Waals surface area contributed by atoms with E-state index in [2.05, 4.69) is 15.3 Å². The van der Waals surface area contributed by atoms with Crippen molar-refractivity contribution in [3.8, 4) is 11.6 Å². The first-order valence-corrected chi connectivity index (χ1v) is 10.5. The summed E-state index contributed by atoms with van der Waals surface area (Å²) in [5, 5.41) is 3.65. The third kappa shape index (κ3) is 5.21. The van der Waals surface area contributed by atoms with E-state index in [-0.39, 0.29) is 23.9 Å². The van der Waals surface area contributed by atoms with Crippen molar-refractivity contribution in [2.45, 2.75) is 13.5 Å². The van der Waals surface area contributed by atoms with Gasteiger partial charge >= 0.3 is 0 Å². The Morgan fingerprint density at radius 3 is 2.62 bits per heavy atom. The minimum atomic E-state index is -0.864. The second kappa shape index (κ2) is 9.72. The predicted molar refractivity (Wildman–Crippen MR) is 126 cm³/mol. The SMILES string of the molecule is Cc1cc(Nc2ncc(C(N)=O)c(=O)n2Cc2ccc(Cl)cc2)ccc1Oc1cccc(F)n1. The number of primary amides is 1. The molecule has 0 saturated heterocycles. The van der Waals surface area contributed by atoms with Crippen LogP contribution in [0.25, 0.3) is 0 Å². The second-order valence-electron chi connectivity index (χ2n) is 7.38. The van der Waals surface area contributed by atoms with Crippen molar-refractivity contribution < 1.29 is 13.9 Å². The number of ether oxygens (including phenoxy) is 1. The molecule has 34 heavy (non-hydrogen) atoms. The topological polar surface area (TPSA) is 112 Å². The summed E-state index contributed by atoms with van der Waals surface area (Å²) in [6.45, 7) is 1.95. The number of hydrogen-bond donors (Lipinski definition) is 2. The molecule has 172 valence electrons. The van der Waals surface area contributed by atoms with E-state index in [4.69, 9.17) is 22.1 Å². The van der Waals surface area contributed by atoms with Gasteiger partial charge in [0.1, 0.15) is 11.3 Å². The van der Waals surface area contributed by atoms with E-state index in [9.17, 15) is 14.0 Å². The maximum Gasteiger partial charge on any atom is 0.268 e. The highest BCUT2D eigenvalue weighted by Gasteiger charge is 2.15. The van der Waals surface area contributed by atoms with Gasteiger partial charge in [0.25, 0.3) is 11.5 Å². The Morgan fingerprint density at radius 1 is 1.18 bits per heavy atom. The van der Waals surface area contributed by atoms with Crippen LogP contribution in [0.4, 0.5) is 16.0 Å². The number of nitrogens with zero attached hydrogens (tertiary/aromatic N) is 3. The molecule has 0 spiro atoms. The summed E-state index contributed by atoms with van der Waals surface area (Å²) in [4.78, 5) is 32.6. The molecule has 2 heterocycles. The van der Waals surface area contributed by atoms with Crippen LogP contribution < -0.4 is 21.3 Å². The first-order valence-electron chi connectivity index (χ1n) is 10.1. The highest BCUT2D eigenvalue weighted by atomic mass is 35.5. The van der Waals surface area contributed by atoms with E-state index in [1.807, 2.05) is 6.92 Å². The Balaban J connectivity index is 1.64. The number of hydrogen-bond acceptors (Lipinski definition) is 6. The fourth-order valence-electron chi connectivity index (χ4n) is 3.21. The van der Waals surface area contributed by atoms with Crippen LogP contribution in [0.1, 0.15) is 21.5 Å². The molecule has 3 N–H and O–H groups in total. The van der Waals surface area contributed by atoms with Gasteiger partial charge in [-0.05, 0) is 54.4 Å². The molecule has 0 aliphatic carbocycles. The number of carbonyl (C=O) groups is 1. The molecular formula is C24H19ClFN5O3. The third-order valence-electron chi connectivity index (χ3n) is 4.90. The zero-order valence-electron chi connectivity index (χ0n) is 18.0. The molecule has 10 heteroatoms. The van der Waals surface area contributed by atoms with Gasteiger partial charge in [0.15, 0.2) is 0 Å². The number of rotatable bonds is 7. The van der Waals surface area contributed by atoms with Crippen molar-refractivity contribution in [1.82, 2.24) is 14.5 Å². The highest BCUT2D eigenvalue weighted by Crippen LogP contribution is 2.27. The number of pyridine rings is 1. The number of nitrogens with two attached hydrogens (primary N) is 1. The number of anilines is 2. The molecule has 4 rings (SSSR count). The van der Waals surface area contributed by atoms with Gasteiger partial charge in [0, 0.05) is 23.0 Å². The average molecular weight is 480 g/mol. The molecule has 0 radical (unpaired) electrons. The molecule has 2 aromatic heterocycles. The van der Waals surface area contributed by atoms with E-state index in [1.54, 1.807) is 48.5 Å². The summed E-state index contributed by atoms with van der Waals surface area (Å²) < 4.78 is 20.3. The highest BCUT2D eigenvalue weighted by molar-refractivity contribution is 6.30. The molecule has 0 bridgehead atoms. The number of aromatic nitrogens is 3. The number of halogens is 2. The van der Waals surface area contributed by atoms with Gasteiger partial charge in [0.2, 0.25) is 17.8 Å². The van der Waals surface area contributed by atoms with Crippen LogP contribution in [0, 0.1) is 12.9 Å². The molecule has 0 aliphatic heterocycles. The van der Waals surface area contributed by atoms with Gasteiger partial charge < -0.3 is 15.8 Å². The Kier molecular flexibility index (Phi) is 6.55. The summed E-state index contributed by atoms with van der Waals surface area (Å²) in [5.41, 5.74) is 6.66. The van der Waals surface area contributed by atoms with E-state index in [0.29, 0.717) is 16.5 Å². The van der Waals surface area contributed by atoms with Crippen molar-refractivity contribution in [3.63, 3.8) is 0 Å². The van der Waals surface area contributed by atoms with Crippen molar-refractivity contribution in [2.24, 2.45) is 5.73 Å². The molecule has 2 aromatic carbocycles. The lowest BCUT2D eigenvalue weighted by Crippen LogP contribution is -2.32. The van der Waals surface area contributed by atoms with Crippen LogP contribution in [0.15, 0.2) is 71.7 Å². The average Bonchev–Trinajstić information content (AvgIpc) is 2.79. The van der Waals surface area contributed by atoms with Crippen molar-refractivity contribution in [3.05, 3.63) is 105 Å². The van der Waals surface area contributed by atoms with Crippen LogP contribution in [0.3, 0.4) is 0 Å². The van der Waals surface area contributed by atoms with Crippen LogP contribution in [0.2, 0.25) is 5.02 Å². The lowest BCUT2D eigenvalue weighted by atomic mass is 10.2. The summed E-state index contributed by atoms with van der Waals surface area (Å²) >= 11 is 5.95. The lowest BCUT2D eigenvalue weighted by Gasteiger charge is -2.16. The zero-order valence-corrected chi connectivity index (χ0v) is 18.7. The van der Waals surface area contributed by atoms with Crippen molar-refractivity contribution in [2.75, 3.05) is 5.32 Å². The standard InChI is InChI=1S/C24H19ClFN5O3/c1-14-11-17(9-10-19(14)34-21-4-2-3-20(26)30-21)29-24-28-12-18(22(27)32)23(33)31(24)13-15-5-7-16(25)8-6-15/h2-12H,13H2,1H3,(H2,27,32)(H,28,29). The molecule has 8 nitrogen and oxygen atoms in total. The molecule has 0 aliphatic rings. The largest absolute Gasteiger partial charge is 0.439 e. The molecular weight excluding hydrogens is 461 g/mol. The number of amides is 1. The third-order valence-corrected chi connectivity index (χ3v) is 5.15. The van der Waals surface area contributed by atoms with Gasteiger partial charge in [-0.15, -0.1) is 0 Å². The fraction of sp³-hybridized carbons (Fsp3) is 0.0833. The Morgan fingerprint density at radius 2 is 1.94 bits per heavy atom. The zero-order chi connectivity index (χ0) is 24.2. The second-order valence-corrected chi connectivity index (χ2v) is 7.82. The first kappa shape index (κ1) is 22.9. The molecule has 0 atom stereocenters. The molecule has 0 unspecified atom stereocenters. The number of aryl methyl sites for hydroxylation is 1. The summed E-state index contributed by atoms with van der Waals surface area (Å²) in [7, 11) is 0. The summed E-state index contributed by atoms with van der Waals surface area (Å²) in [6.07, 6.45) is 1.14. The van der Waals surface area contributed by atoms with Crippen LogP contribution in [-0.4, -0.2) is 20.4 Å². The summed E-state index contributed by atoms with van der Waals surface area (Å²) in [5.74, 6) is -0.678. The van der Waals surface area contributed by atoms with E-state index in [1.165, 1.54) is 16.7 Å². The monoisotopic (exact) mass is 479 g/mol. The molecule has 4 aromatic rings. The molecule has 0 saturated carbocycles. The number of carbonyl (C=O) groups excluding carboxylic acids is 1. The molecule has 0 fully saturated rings. The first-order chi connectivity index (χ1) is 16.3.